The molecule has 6 nitrogen and oxygen atoms in total. The van der Waals surface area contributed by atoms with Crippen LogP contribution in [0, 0.1) is 40.4 Å². The minimum Gasteiger partial charge on any atom is -0.411 e. The lowest BCUT2D eigenvalue weighted by atomic mass is 9.47. The molecule has 6 heteroatoms. The number of nitrogens with zero attached hydrogens (tertiary/aromatic N) is 2. The molecule has 6 atom stereocenters. The zero-order valence-electron chi connectivity index (χ0n) is 24.1. The summed E-state index contributed by atoms with van der Waals surface area (Å²) in [7, 11) is 0. The Labute approximate surface area is 238 Å². The van der Waals surface area contributed by atoms with Gasteiger partial charge >= 0.3 is 0 Å². The van der Waals surface area contributed by atoms with E-state index >= 15 is 0 Å². The molecular weight excluding hydrogens is 500 g/mol. The van der Waals surface area contributed by atoms with Crippen LogP contribution in [-0.2, 0) is 9.53 Å². The zero-order valence-corrected chi connectivity index (χ0v) is 24.1. The van der Waals surface area contributed by atoms with Gasteiger partial charge in [0.25, 0.3) is 0 Å². The lowest BCUT2D eigenvalue weighted by Gasteiger charge is -2.55. The maximum Gasteiger partial charge on any atom is 0.148 e. The third-order valence-electron chi connectivity index (χ3n) is 11.1. The van der Waals surface area contributed by atoms with Crippen molar-refractivity contribution in [2.75, 3.05) is 37.8 Å². The van der Waals surface area contributed by atoms with Gasteiger partial charge < -0.3 is 20.0 Å². The molecule has 6 rings (SSSR count). The molecule has 4 aliphatic carbocycles. The number of fused-ring (bicyclic) bond motifs is 4. The van der Waals surface area contributed by atoms with Crippen molar-refractivity contribution in [3.05, 3.63) is 52.6 Å². The van der Waals surface area contributed by atoms with Crippen molar-refractivity contribution in [3.63, 3.8) is 0 Å². The average molecular weight is 543 g/mol. The second kappa shape index (κ2) is 10.5. The first kappa shape index (κ1) is 27.3. The summed E-state index contributed by atoms with van der Waals surface area (Å²) in [6.45, 7) is 9.45. The summed E-state index contributed by atoms with van der Waals surface area (Å²) in [6.07, 6.45) is 7.42. The second-order valence-corrected chi connectivity index (χ2v) is 12.8. The summed E-state index contributed by atoms with van der Waals surface area (Å²) in [4.78, 5) is 15.8. The molecule has 0 spiro atoms. The molecule has 1 aliphatic heterocycles. The fourth-order valence-corrected chi connectivity index (χ4v) is 9.17. The topological polar surface area (TPSA) is 82.4 Å². The van der Waals surface area contributed by atoms with E-state index in [-0.39, 0.29) is 23.7 Å². The molecule has 2 N–H and O–H groups in total. The first-order chi connectivity index (χ1) is 19.3. The van der Waals surface area contributed by atoms with Crippen molar-refractivity contribution in [2.24, 2.45) is 33.7 Å². The van der Waals surface area contributed by atoms with E-state index in [0.717, 1.165) is 70.5 Å². The van der Waals surface area contributed by atoms with E-state index in [9.17, 15) is 15.1 Å². The van der Waals surface area contributed by atoms with Crippen molar-refractivity contribution < 1.29 is 19.8 Å². The van der Waals surface area contributed by atoms with Gasteiger partial charge in [-0.1, -0.05) is 48.5 Å². The van der Waals surface area contributed by atoms with E-state index in [0.29, 0.717) is 17.8 Å². The number of hydrogen-bond donors (Lipinski definition) is 2. The number of hydrogen-bond acceptors (Lipinski definition) is 6. The number of morpholine rings is 1. The highest BCUT2D eigenvalue weighted by atomic mass is 16.5. The molecule has 2 saturated carbocycles. The third-order valence-corrected chi connectivity index (χ3v) is 11.1. The maximum absolute atomic E-state index is 13.5. The molecular formula is C34H42N2O4. The van der Waals surface area contributed by atoms with E-state index in [1.807, 2.05) is 0 Å². The Bertz CT molecular complexity index is 1330. The van der Waals surface area contributed by atoms with Crippen molar-refractivity contribution in [1.82, 2.24) is 0 Å². The van der Waals surface area contributed by atoms with Gasteiger partial charge in [0.1, 0.15) is 12.4 Å². The highest BCUT2D eigenvalue weighted by molar-refractivity contribution is 5.97. The molecule has 0 bridgehead atoms. The number of ether oxygens (including phenoxy) is 1. The lowest BCUT2D eigenvalue weighted by molar-refractivity contribution is -0.130. The summed E-state index contributed by atoms with van der Waals surface area (Å²) in [5.74, 6) is 7.71. The summed E-state index contributed by atoms with van der Waals surface area (Å²) in [5.41, 5.74) is 6.64. The first-order valence-electron chi connectivity index (χ1n) is 15.0. The molecule has 212 valence electrons. The van der Waals surface area contributed by atoms with Crippen molar-refractivity contribution >= 4 is 17.2 Å². The van der Waals surface area contributed by atoms with Crippen LogP contribution in [0.15, 0.2) is 52.2 Å². The molecule has 1 heterocycles. The number of oxime groups is 1. The molecule has 0 aromatic heterocycles. The van der Waals surface area contributed by atoms with Crippen LogP contribution < -0.4 is 4.90 Å². The van der Waals surface area contributed by atoms with E-state index in [4.69, 9.17) is 4.74 Å². The Morgan fingerprint density at radius 3 is 2.62 bits per heavy atom. The van der Waals surface area contributed by atoms with Gasteiger partial charge in [-0.25, -0.2) is 0 Å². The van der Waals surface area contributed by atoms with Crippen molar-refractivity contribution in [3.8, 4) is 11.8 Å². The van der Waals surface area contributed by atoms with Gasteiger partial charge in [-0.05, 0) is 104 Å². The van der Waals surface area contributed by atoms with Crippen molar-refractivity contribution in [2.45, 2.75) is 65.2 Å². The Balaban J connectivity index is 1.49. The number of ketones is 1. The monoisotopic (exact) mass is 542 g/mol. The predicted octanol–water partition coefficient (Wildman–Crippen LogP) is 5.50. The van der Waals surface area contributed by atoms with Crippen molar-refractivity contribution in [1.29, 1.82) is 0 Å². The highest BCUT2D eigenvalue weighted by Gasteiger charge is 2.65. The van der Waals surface area contributed by atoms with Gasteiger partial charge in [0.2, 0.25) is 0 Å². The largest absolute Gasteiger partial charge is 0.411 e. The fraction of sp³-hybridized carbons (Fsp3) is 0.588. The Hall–Kier alpha value is -2.88. The van der Waals surface area contributed by atoms with E-state index in [1.165, 1.54) is 22.4 Å². The molecule has 1 unspecified atom stereocenters. The number of carbonyl (C=O) groups is 1. The van der Waals surface area contributed by atoms with Gasteiger partial charge in [-0.15, -0.1) is 0 Å². The number of anilines is 1. The summed E-state index contributed by atoms with van der Waals surface area (Å²) in [5, 5.41) is 22.7. The number of carbonyl (C=O) groups excluding carboxylic acids is 1. The van der Waals surface area contributed by atoms with Crippen LogP contribution >= 0.6 is 0 Å². The summed E-state index contributed by atoms with van der Waals surface area (Å²) < 4.78 is 5.56. The number of allylic oxidation sites excluding steroid dienone is 4. The summed E-state index contributed by atoms with van der Waals surface area (Å²) in [6, 6.07) is 9.12. The van der Waals surface area contributed by atoms with Crippen LogP contribution in [0.25, 0.3) is 0 Å². The van der Waals surface area contributed by atoms with Gasteiger partial charge in [-0.2, -0.15) is 0 Å². The predicted molar refractivity (Wildman–Crippen MR) is 156 cm³/mol. The number of rotatable bonds is 3. The Morgan fingerprint density at radius 1 is 1.20 bits per heavy atom. The molecule has 5 aliphatic rings. The van der Waals surface area contributed by atoms with Gasteiger partial charge in [0.15, 0.2) is 0 Å². The number of Topliss-reactive ketones (excluding diaryl/α,β-unsaturated/α-hetero) is 1. The molecule has 0 radical (unpaired) electrons. The Kier molecular flexibility index (Phi) is 7.17. The standard InChI is InChI=1S/C34H42N2O4/c1-22-19-29-31-11-13-34(23(2)38,12-4-16-37)33(31,3)21-30(32(29)27-10-7-25(35-39)20-28(22)27)24-5-8-26(9-6-24)36-14-17-40-18-15-36/h5-6,8-9,20,22,29-31,37,39H,7,10-11,13-19,21H2,1-3H3/t22?,29-,30+,31-,33-,34+/m0/s1. The average Bonchev–Trinajstić information content (AvgIpc) is 3.29. The normalized spacial score (nSPS) is 36.2. The zero-order chi connectivity index (χ0) is 28.1. The van der Waals surface area contributed by atoms with Crippen LogP contribution in [-0.4, -0.2) is 54.7 Å². The second-order valence-electron chi connectivity index (χ2n) is 12.8. The summed E-state index contributed by atoms with van der Waals surface area (Å²) >= 11 is 0. The van der Waals surface area contributed by atoms with Crippen LogP contribution in [0.2, 0.25) is 0 Å². The van der Waals surface area contributed by atoms with E-state index < -0.39 is 5.41 Å². The fourth-order valence-electron chi connectivity index (χ4n) is 9.17. The molecule has 0 amide bonds. The number of aliphatic hydroxyl groups excluding tert-OH is 1. The van der Waals surface area contributed by atoms with Gasteiger partial charge in [-0.3, -0.25) is 4.79 Å². The van der Waals surface area contributed by atoms with Crippen LogP contribution in [0.1, 0.15) is 70.8 Å². The van der Waals surface area contributed by atoms with Crippen LogP contribution in [0.5, 0.6) is 0 Å². The minimum atomic E-state index is -0.731. The quantitative estimate of drug-likeness (QED) is 0.299. The SMILES string of the molecule is CC(=O)[C@@]1(C#CCO)CC[C@H]2[C@@H]3CC(C)C4=CC(=NO)CCC4=C3[C@@H](c3ccc(N4CCOCC4)cc3)C[C@@]21C. The number of benzene rings is 1. The molecule has 1 aromatic rings. The van der Waals surface area contributed by atoms with E-state index in [1.54, 1.807) is 12.5 Å². The molecule has 1 aromatic carbocycles. The van der Waals surface area contributed by atoms with Crippen LogP contribution in [0.3, 0.4) is 0 Å². The van der Waals surface area contributed by atoms with Gasteiger partial charge in [0.05, 0.1) is 24.3 Å². The third kappa shape index (κ3) is 4.16. The maximum atomic E-state index is 13.5. The lowest BCUT2D eigenvalue weighted by Crippen LogP contribution is -2.50. The molecule has 1 saturated heterocycles. The Morgan fingerprint density at radius 2 is 1.95 bits per heavy atom. The van der Waals surface area contributed by atoms with Crippen LogP contribution in [0.4, 0.5) is 5.69 Å². The first-order valence-corrected chi connectivity index (χ1v) is 15.0. The van der Waals surface area contributed by atoms with Gasteiger partial charge in [0, 0.05) is 24.7 Å². The minimum absolute atomic E-state index is 0.141. The van der Waals surface area contributed by atoms with E-state index in [2.05, 4.69) is 66.1 Å². The number of aliphatic hydroxyl groups is 1. The molecule has 3 fully saturated rings. The smallest absolute Gasteiger partial charge is 0.148 e. The highest BCUT2D eigenvalue weighted by Crippen LogP contribution is 2.70. The molecule has 40 heavy (non-hydrogen) atoms.